The number of benzene rings is 1. The number of hydrogen-bond acceptors (Lipinski definition) is 5. The minimum absolute atomic E-state index is 0.0139. The van der Waals surface area contributed by atoms with Crippen molar-refractivity contribution in [1.29, 1.82) is 0 Å². The number of carboxylic acids is 1. The van der Waals surface area contributed by atoms with Crippen molar-refractivity contribution in [2.45, 2.75) is 18.4 Å². The molecule has 118 valence electrons. The Morgan fingerprint density at radius 3 is 2.64 bits per heavy atom. The van der Waals surface area contributed by atoms with Crippen molar-refractivity contribution in [2.75, 3.05) is 7.11 Å². The largest absolute Gasteiger partial charge is 0.495 e. The summed E-state index contributed by atoms with van der Waals surface area (Å²) in [5.74, 6) is -1.03. The number of aromatic carboxylic acids is 1. The van der Waals surface area contributed by atoms with Crippen LogP contribution in [0.25, 0.3) is 0 Å². The van der Waals surface area contributed by atoms with Crippen molar-refractivity contribution in [1.82, 2.24) is 4.72 Å². The molecule has 1 heterocycles. The third kappa shape index (κ3) is 3.46. The molecular formula is C14H15NO6S. The summed E-state index contributed by atoms with van der Waals surface area (Å²) >= 11 is 0. The Morgan fingerprint density at radius 2 is 2.05 bits per heavy atom. The van der Waals surface area contributed by atoms with Crippen LogP contribution in [0.15, 0.2) is 39.6 Å². The number of rotatable bonds is 6. The molecule has 8 heteroatoms. The van der Waals surface area contributed by atoms with E-state index in [0.29, 0.717) is 0 Å². The van der Waals surface area contributed by atoms with Gasteiger partial charge in [0.1, 0.15) is 16.4 Å². The fourth-order valence-corrected chi connectivity index (χ4v) is 3.07. The standard InChI is InChI=1S/C14H15NO6S/c1-9-3-5-11(20-2)13(7-9)22(18,19)15-8-10-4-6-12(21-10)14(16)17/h3-7,15H,8H2,1-2H3,(H,16,17). The van der Waals surface area contributed by atoms with Gasteiger partial charge >= 0.3 is 5.97 Å². The molecule has 2 rings (SSSR count). The van der Waals surface area contributed by atoms with Crippen molar-refractivity contribution in [2.24, 2.45) is 0 Å². The maximum absolute atomic E-state index is 12.3. The maximum atomic E-state index is 12.3. The van der Waals surface area contributed by atoms with E-state index in [0.717, 1.165) is 5.56 Å². The zero-order chi connectivity index (χ0) is 16.3. The maximum Gasteiger partial charge on any atom is 0.371 e. The molecule has 2 N–H and O–H groups in total. The lowest BCUT2D eigenvalue weighted by Gasteiger charge is -2.10. The summed E-state index contributed by atoms with van der Waals surface area (Å²) < 4.78 is 37.1. The first-order valence-electron chi connectivity index (χ1n) is 6.30. The summed E-state index contributed by atoms with van der Waals surface area (Å²) in [6.07, 6.45) is 0. The van der Waals surface area contributed by atoms with Gasteiger partial charge in [-0.25, -0.2) is 17.9 Å². The van der Waals surface area contributed by atoms with Gasteiger partial charge in [0, 0.05) is 0 Å². The monoisotopic (exact) mass is 325 g/mol. The molecule has 7 nitrogen and oxygen atoms in total. The Labute approximate surface area is 127 Å². The lowest BCUT2D eigenvalue weighted by atomic mass is 10.2. The number of methoxy groups -OCH3 is 1. The van der Waals surface area contributed by atoms with Gasteiger partial charge in [-0.15, -0.1) is 0 Å². The molecule has 0 atom stereocenters. The van der Waals surface area contributed by atoms with Gasteiger partial charge < -0.3 is 14.3 Å². The molecule has 0 bridgehead atoms. The molecule has 0 spiro atoms. The van der Waals surface area contributed by atoms with E-state index >= 15 is 0 Å². The minimum Gasteiger partial charge on any atom is -0.495 e. The molecule has 0 saturated carbocycles. The lowest BCUT2D eigenvalue weighted by Crippen LogP contribution is -2.23. The highest BCUT2D eigenvalue weighted by atomic mass is 32.2. The minimum atomic E-state index is -3.82. The van der Waals surface area contributed by atoms with Crippen molar-refractivity contribution in [3.05, 3.63) is 47.4 Å². The first-order chi connectivity index (χ1) is 10.3. The number of nitrogens with one attached hydrogen (secondary N) is 1. The molecule has 0 saturated heterocycles. The van der Waals surface area contributed by atoms with Gasteiger partial charge in [-0.3, -0.25) is 0 Å². The summed E-state index contributed by atoms with van der Waals surface area (Å²) in [6.45, 7) is 1.61. The molecule has 0 amide bonds. The molecule has 0 aliphatic rings. The van der Waals surface area contributed by atoms with E-state index in [9.17, 15) is 13.2 Å². The summed E-state index contributed by atoms with van der Waals surface area (Å²) in [5.41, 5.74) is 0.771. The van der Waals surface area contributed by atoms with Crippen LogP contribution in [0.1, 0.15) is 21.9 Å². The number of furan rings is 1. The molecule has 0 aliphatic carbocycles. The molecule has 0 fully saturated rings. The van der Waals surface area contributed by atoms with Crippen LogP contribution < -0.4 is 9.46 Å². The van der Waals surface area contributed by atoms with Gasteiger partial charge in [-0.2, -0.15) is 0 Å². The topological polar surface area (TPSA) is 106 Å². The van der Waals surface area contributed by atoms with E-state index in [1.165, 1.54) is 25.3 Å². The molecule has 0 unspecified atom stereocenters. The molecule has 1 aromatic carbocycles. The van der Waals surface area contributed by atoms with Crippen molar-refractivity contribution < 1.29 is 27.5 Å². The number of hydrogen-bond donors (Lipinski definition) is 2. The third-order valence-corrected chi connectivity index (χ3v) is 4.34. The van der Waals surface area contributed by atoms with E-state index in [1.54, 1.807) is 19.1 Å². The smallest absolute Gasteiger partial charge is 0.371 e. The normalized spacial score (nSPS) is 11.4. The second-order valence-electron chi connectivity index (χ2n) is 4.55. The SMILES string of the molecule is COc1ccc(C)cc1S(=O)(=O)NCc1ccc(C(=O)O)o1. The van der Waals surface area contributed by atoms with E-state index in [4.69, 9.17) is 14.3 Å². The summed E-state index contributed by atoms with van der Waals surface area (Å²) in [5, 5.41) is 8.75. The first kappa shape index (κ1) is 16.1. The second-order valence-corrected chi connectivity index (χ2v) is 6.29. The molecule has 1 aromatic heterocycles. The van der Waals surface area contributed by atoms with E-state index in [2.05, 4.69) is 4.72 Å². The van der Waals surface area contributed by atoms with Crippen LogP contribution in [0.4, 0.5) is 0 Å². The van der Waals surface area contributed by atoms with Gasteiger partial charge in [0.25, 0.3) is 0 Å². The Balaban J connectivity index is 2.20. The fourth-order valence-electron chi connectivity index (χ4n) is 1.83. The van der Waals surface area contributed by atoms with Crippen molar-refractivity contribution in [3.8, 4) is 5.75 Å². The van der Waals surface area contributed by atoms with Crippen LogP contribution in [-0.2, 0) is 16.6 Å². The molecule has 0 aliphatic heterocycles. The van der Waals surface area contributed by atoms with Crippen LogP contribution in [0.3, 0.4) is 0 Å². The van der Waals surface area contributed by atoms with Crippen LogP contribution in [0.5, 0.6) is 5.75 Å². The van der Waals surface area contributed by atoms with Gasteiger partial charge in [0.15, 0.2) is 0 Å². The quantitative estimate of drug-likeness (QED) is 0.838. The van der Waals surface area contributed by atoms with E-state index < -0.39 is 16.0 Å². The summed E-state index contributed by atoms with van der Waals surface area (Å²) in [6, 6.07) is 7.47. The zero-order valence-electron chi connectivity index (χ0n) is 12.0. The third-order valence-electron chi connectivity index (χ3n) is 2.92. The van der Waals surface area contributed by atoms with Crippen LogP contribution in [0, 0.1) is 6.92 Å². The van der Waals surface area contributed by atoms with Crippen molar-refractivity contribution >= 4 is 16.0 Å². The fraction of sp³-hybridized carbons (Fsp3) is 0.214. The Hall–Kier alpha value is -2.32. The Kier molecular flexibility index (Phi) is 4.53. The van der Waals surface area contributed by atoms with Gasteiger partial charge in [-0.05, 0) is 36.8 Å². The highest BCUT2D eigenvalue weighted by Crippen LogP contribution is 2.24. The highest BCUT2D eigenvalue weighted by molar-refractivity contribution is 7.89. The lowest BCUT2D eigenvalue weighted by molar-refractivity contribution is 0.0660. The van der Waals surface area contributed by atoms with Crippen LogP contribution in [0.2, 0.25) is 0 Å². The number of ether oxygens (including phenoxy) is 1. The average molecular weight is 325 g/mol. The van der Waals surface area contributed by atoms with Crippen LogP contribution >= 0.6 is 0 Å². The Morgan fingerprint density at radius 1 is 1.32 bits per heavy atom. The van der Waals surface area contributed by atoms with Gasteiger partial charge in [0.2, 0.25) is 15.8 Å². The number of aryl methyl sites for hydroxylation is 1. The zero-order valence-corrected chi connectivity index (χ0v) is 12.8. The highest BCUT2D eigenvalue weighted by Gasteiger charge is 2.20. The average Bonchev–Trinajstić information content (AvgIpc) is 2.94. The van der Waals surface area contributed by atoms with Gasteiger partial charge in [0.05, 0.1) is 13.7 Å². The Bertz CT molecular complexity index is 793. The summed E-state index contributed by atoms with van der Waals surface area (Å²) in [4.78, 5) is 10.7. The summed E-state index contributed by atoms with van der Waals surface area (Å²) in [7, 11) is -2.43. The number of carboxylic acid groups (broad SMARTS) is 1. The number of sulfonamides is 1. The van der Waals surface area contributed by atoms with Gasteiger partial charge in [-0.1, -0.05) is 6.07 Å². The molecule has 22 heavy (non-hydrogen) atoms. The molecular weight excluding hydrogens is 310 g/mol. The van der Waals surface area contributed by atoms with E-state index in [-0.39, 0.29) is 28.7 Å². The second kappa shape index (κ2) is 6.20. The predicted octanol–water partition coefficient (Wildman–Crippen LogP) is 1.77. The predicted molar refractivity (Wildman–Crippen MR) is 77.4 cm³/mol. The van der Waals surface area contributed by atoms with Crippen LogP contribution in [-0.4, -0.2) is 26.6 Å². The molecule has 2 aromatic rings. The first-order valence-corrected chi connectivity index (χ1v) is 7.78. The number of carbonyl (C=O) groups is 1. The van der Waals surface area contributed by atoms with E-state index in [1.807, 2.05) is 0 Å². The molecule has 0 radical (unpaired) electrons. The van der Waals surface area contributed by atoms with Crippen molar-refractivity contribution in [3.63, 3.8) is 0 Å².